The summed E-state index contributed by atoms with van der Waals surface area (Å²) in [6.07, 6.45) is 4.19. The van der Waals surface area contributed by atoms with Crippen molar-refractivity contribution in [1.29, 1.82) is 0 Å². The molecule has 1 aliphatic rings. The van der Waals surface area contributed by atoms with Gasteiger partial charge in [0.15, 0.2) is 5.82 Å². The Morgan fingerprint density at radius 1 is 1.37 bits per heavy atom. The fourth-order valence-electron chi connectivity index (χ4n) is 2.57. The summed E-state index contributed by atoms with van der Waals surface area (Å²) in [4.78, 5) is 3.76. The molecule has 1 saturated heterocycles. The second kappa shape index (κ2) is 6.12. The first-order valence-corrected chi connectivity index (χ1v) is 7.59. The molecule has 1 N–H and O–H groups in total. The maximum atomic E-state index is 4.22. The molecule has 0 aromatic carbocycles. The molecule has 1 atom stereocenters. The molecule has 100 valence electrons. The standard InChI is InChI=1S/C14H18N4S/c1-6-14(17-16-7-1)18-8-2-4-12(18)10-15-11-13-5-3-9-19-13/h1,3,5-7,9,12,15H,2,4,8,10-11H2/t12-/m0/s1. The maximum absolute atomic E-state index is 4.22. The molecular formula is C14H18N4S. The number of nitrogens with zero attached hydrogens (tertiary/aromatic N) is 3. The lowest BCUT2D eigenvalue weighted by atomic mass is 10.2. The Balaban J connectivity index is 1.55. The Bertz CT molecular complexity index is 485. The molecule has 0 unspecified atom stereocenters. The van der Waals surface area contributed by atoms with Gasteiger partial charge in [0, 0.05) is 36.8 Å². The van der Waals surface area contributed by atoms with Crippen LogP contribution in [0.15, 0.2) is 35.8 Å². The third-order valence-corrected chi connectivity index (χ3v) is 4.37. The van der Waals surface area contributed by atoms with E-state index in [0.29, 0.717) is 6.04 Å². The number of hydrogen-bond acceptors (Lipinski definition) is 5. The summed E-state index contributed by atoms with van der Waals surface area (Å²) in [5.74, 6) is 1.00. The van der Waals surface area contributed by atoms with E-state index in [1.54, 1.807) is 17.5 Å². The lowest BCUT2D eigenvalue weighted by Gasteiger charge is -2.25. The highest BCUT2D eigenvalue weighted by atomic mass is 32.1. The SMILES string of the molecule is c1cnnc(N2CCC[C@H]2CNCc2cccs2)c1. The highest BCUT2D eigenvalue weighted by molar-refractivity contribution is 7.09. The highest BCUT2D eigenvalue weighted by Crippen LogP contribution is 2.22. The third kappa shape index (κ3) is 3.11. The van der Waals surface area contributed by atoms with Crippen LogP contribution in [0.3, 0.4) is 0 Å². The smallest absolute Gasteiger partial charge is 0.151 e. The molecule has 0 aliphatic carbocycles. The summed E-state index contributed by atoms with van der Waals surface area (Å²) < 4.78 is 0. The van der Waals surface area contributed by atoms with Crippen LogP contribution >= 0.6 is 11.3 Å². The minimum absolute atomic E-state index is 0.539. The number of hydrogen-bond donors (Lipinski definition) is 1. The van der Waals surface area contributed by atoms with Crippen molar-refractivity contribution in [1.82, 2.24) is 15.5 Å². The monoisotopic (exact) mass is 274 g/mol. The van der Waals surface area contributed by atoms with Crippen LogP contribution in [0, 0.1) is 0 Å². The van der Waals surface area contributed by atoms with Gasteiger partial charge in [-0.1, -0.05) is 6.07 Å². The van der Waals surface area contributed by atoms with E-state index in [1.807, 2.05) is 12.1 Å². The number of nitrogens with one attached hydrogen (secondary N) is 1. The van der Waals surface area contributed by atoms with Gasteiger partial charge >= 0.3 is 0 Å². The van der Waals surface area contributed by atoms with E-state index >= 15 is 0 Å². The molecule has 1 aliphatic heterocycles. The second-order valence-corrected chi connectivity index (χ2v) is 5.81. The molecule has 0 bridgehead atoms. The average molecular weight is 274 g/mol. The zero-order valence-corrected chi connectivity index (χ0v) is 11.6. The minimum atomic E-state index is 0.539. The fraction of sp³-hybridized carbons (Fsp3) is 0.429. The lowest BCUT2D eigenvalue weighted by Crippen LogP contribution is -2.38. The van der Waals surface area contributed by atoms with Crippen molar-refractivity contribution in [3.05, 3.63) is 40.7 Å². The number of anilines is 1. The molecule has 2 aromatic heterocycles. The first-order valence-electron chi connectivity index (χ1n) is 6.71. The molecule has 3 heterocycles. The molecule has 1 fully saturated rings. The summed E-state index contributed by atoms with van der Waals surface area (Å²) in [6, 6.07) is 8.81. The third-order valence-electron chi connectivity index (χ3n) is 3.49. The number of aromatic nitrogens is 2. The summed E-state index contributed by atoms with van der Waals surface area (Å²) >= 11 is 1.80. The first kappa shape index (κ1) is 12.6. The van der Waals surface area contributed by atoms with Crippen molar-refractivity contribution in [2.24, 2.45) is 0 Å². The van der Waals surface area contributed by atoms with Crippen molar-refractivity contribution >= 4 is 17.2 Å². The van der Waals surface area contributed by atoms with Crippen LogP contribution in [0.1, 0.15) is 17.7 Å². The number of thiophene rings is 1. The molecule has 0 radical (unpaired) electrons. The van der Waals surface area contributed by atoms with Gasteiger partial charge in [-0.3, -0.25) is 0 Å². The van der Waals surface area contributed by atoms with Crippen molar-refractivity contribution in [3.63, 3.8) is 0 Å². The van der Waals surface area contributed by atoms with Gasteiger partial charge in [0.05, 0.1) is 0 Å². The van der Waals surface area contributed by atoms with Gasteiger partial charge in [0.2, 0.25) is 0 Å². The predicted molar refractivity (Wildman–Crippen MR) is 78.4 cm³/mol. The van der Waals surface area contributed by atoms with Crippen LogP contribution in [-0.2, 0) is 6.54 Å². The van der Waals surface area contributed by atoms with Gasteiger partial charge in [-0.05, 0) is 36.4 Å². The van der Waals surface area contributed by atoms with Crippen LogP contribution < -0.4 is 10.2 Å². The van der Waals surface area contributed by atoms with E-state index in [1.165, 1.54) is 17.7 Å². The van der Waals surface area contributed by atoms with E-state index < -0.39 is 0 Å². The Morgan fingerprint density at radius 2 is 2.37 bits per heavy atom. The molecule has 0 saturated carbocycles. The molecule has 19 heavy (non-hydrogen) atoms. The van der Waals surface area contributed by atoms with Gasteiger partial charge in [-0.15, -0.1) is 16.4 Å². The molecular weight excluding hydrogens is 256 g/mol. The summed E-state index contributed by atoms with van der Waals surface area (Å²) in [6.45, 7) is 3.06. The van der Waals surface area contributed by atoms with E-state index in [2.05, 4.69) is 37.9 Å². The lowest BCUT2D eigenvalue weighted by molar-refractivity contribution is 0.572. The van der Waals surface area contributed by atoms with E-state index in [0.717, 1.165) is 25.5 Å². The molecule has 2 aromatic rings. The van der Waals surface area contributed by atoms with Crippen molar-refractivity contribution in [2.75, 3.05) is 18.0 Å². The van der Waals surface area contributed by atoms with Crippen LogP contribution in [0.4, 0.5) is 5.82 Å². The Kier molecular flexibility index (Phi) is 4.05. The Hall–Kier alpha value is -1.46. The maximum Gasteiger partial charge on any atom is 0.151 e. The second-order valence-electron chi connectivity index (χ2n) is 4.78. The predicted octanol–water partition coefficient (Wildman–Crippen LogP) is 2.30. The summed E-state index contributed by atoms with van der Waals surface area (Å²) in [5, 5.41) is 13.9. The van der Waals surface area contributed by atoms with Crippen LogP contribution in [0.2, 0.25) is 0 Å². The van der Waals surface area contributed by atoms with Gasteiger partial charge in [-0.25, -0.2) is 0 Å². The van der Waals surface area contributed by atoms with E-state index in [9.17, 15) is 0 Å². The first-order chi connectivity index (χ1) is 9.43. The number of rotatable bonds is 5. The van der Waals surface area contributed by atoms with Gasteiger partial charge in [0.25, 0.3) is 0 Å². The summed E-state index contributed by atoms with van der Waals surface area (Å²) in [7, 11) is 0. The van der Waals surface area contributed by atoms with Crippen molar-refractivity contribution in [3.8, 4) is 0 Å². The van der Waals surface area contributed by atoms with Crippen molar-refractivity contribution in [2.45, 2.75) is 25.4 Å². The van der Waals surface area contributed by atoms with E-state index in [4.69, 9.17) is 0 Å². The fourth-order valence-corrected chi connectivity index (χ4v) is 3.25. The Labute approximate surface area is 117 Å². The minimum Gasteiger partial charge on any atom is -0.351 e. The van der Waals surface area contributed by atoms with Crippen molar-refractivity contribution < 1.29 is 0 Å². The topological polar surface area (TPSA) is 41.1 Å². The molecule has 5 heteroatoms. The molecule has 4 nitrogen and oxygen atoms in total. The normalized spacial score (nSPS) is 18.9. The van der Waals surface area contributed by atoms with Gasteiger partial charge < -0.3 is 10.2 Å². The zero-order chi connectivity index (χ0) is 12.9. The van der Waals surface area contributed by atoms with Gasteiger partial charge in [-0.2, -0.15) is 5.10 Å². The van der Waals surface area contributed by atoms with Crippen LogP contribution in [0.25, 0.3) is 0 Å². The highest BCUT2D eigenvalue weighted by Gasteiger charge is 2.25. The van der Waals surface area contributed by atoms with E-state index in [-0.39, 0.29) is 0 Å². The van der Waals surface area contributed by atoms with Gasteiger partial charge in [0.1, 0.15) is 0 Å². The zero-order valence-electron chi connectivity index (χ0n) is 10.8. The average Bonchev–Trinajstić information content (AvgIpc) is 3.11. The Morgan fingerprint density at radius 3 is 3.16 bits per heavy atom. The molecule has 0 amide bonds. The largest absolute Gasteiger partial charge is 0.351 e. The molecule has 3 rings (SSSR count). The quantitative estimate of drug-likeness (QED) is 0.908. The van der Waals surface area contributed by atoms with Crippen LogP contribution in [0.5, 0.6) is 0 Å². The molecule has 0 spiro atoms. The van der Waals surface area contributed by atoms with Crippen LogP contribution in [-0.4, -0.2) is 29.3 Å². The summed E-state index contributed by atoms with van der Waals surface area (Å²) in [5.41, 5.74) is 0.